The molecule has 0 fully saturated rings. The Morgan fingerprint density at radius 3 is 2.67 bits per heavy atom. The van der Waals surface area contributed by atoms with Gasteiger partial charge in [0.2, 0.25) is 0 Å². The van der Waals surface area contributed by atoms with E-state index in [1.165, 1.54) is 25.3 Å². The van der Waals surface area contributed by atoms with Gasteiger partial charge in [0, 0.05) is 6.42 Å². The van der Waals surface area contributed by atoms with Gasteiger partial charge in [-0.15, -0.1) is 0 Å². The van der Waals surface area contributed by atoms with Crippen molar-refractivity contribution in [2.45, 2.75) is 6.42 Å². The molecule has 0 aliphatic rings. The molecule has 2 aromatic carbocycles. The Morgan fingerprint density at radius 2 is 2.00 bits per heavy atom. The van der Waals surface area contributed by atoms with Crippen LogP contribution < -0.4 is 4.74 Å². The minimum absolute atomic E-state index is 0.0152. The molecule has 0 aliphatic heterocycles. The van der Waals surface area contributed by atoms with Crippen molar-refractivity contribution in [3.05, 3.63) is 65.2 Å². The number of phenolic OH excluding ortho intramolecular Hbond substituents is 1. The third-order valence-corrected chi connectivity index (χ3v) is 3.32. The van der Waals surface area contributed by atoms with Crippen molar-refractivity contribution >= 4 is 12.0 Å². The first kappa shape index (κ1) is 17.1. The summed E-state index contributed by atoms with van der Waals surface area (Å²) in [6, 6.07) is 16.0. The first-order valence-corrected chi connectivity index (χ1v) is 7.34. The lowest BCUT2D eigenvalue weighted by molar-refractivity contribution is -0.138. The number of aromatic hydroxyl groups is 1. The van der Waals surface area contributed by atoms with E-state index in [9.17, 15) is 9.90 Å². The molecule has 0 aromatic heterocycles. The molecule has 1 N–H and O–H groups in total. The summed E-state index contributed by atoms with van der Waals surface area (Å²) in [6.45, 7) is 0.195. The number of esters is 1. The number of hydrogen-bond acceptors (Lipinski definition) is 5. The lowest BCUT2D eigenvalue weighted by Crippen LogP contribution is -2.09. The summed E-state index contributed by atoms with van der Waals surface area (Å²) in [5.74, 6) is -0.433. The zero-order chi connectivity index (χ0) is 17.4. The van der Waals surface area contributed by atoms with Gasteiger partial charge in [0.05, 0.1) is 13.7 Å². The normalized spacial score (nSPS) is 10.8. The molecule has 5 nitrogen and oxygen atoms in total. The molecule has 0 heterocycles. The van der Waals surface area contributed by atoms with E-state index in [-0.39, 0.29) is 23.7 Å². The second-order valence-electron chi connectivity index (χ2n) is 4.97. The van der Waals surface area contributed by atoms with Gasteiger partial charge in [-0.05, 0) is 29.3 Å². The van der Waals surface area contributed by atoms with Crippen LogP contribution in [-0.4, -0.2) is 24.8 Å². The number of hydrogen-bond donors (Lipinski definition) is 1. The van der Waals surface area contributed by atoms with E-state index in [0.29, 0.717) is 12.0 Å². The fraction of sp³-hybridized carbons (Fsp3) is 0.158. The average molecular weight is 323 g/mol. The fourth-order valence-corrected chi connectivity index (χ4v) is 2.07. The van der Waals surface area contributed by atoms with Crippen LogP contribution in [0.2, 0.25) is 0 Å². The predicted octanol–water partition coefficient (Wildman–Crippen LogP) is 3.09. The molecule has 0 bridgehead atoms. The third kappa shape index (κ3) is 4.62. The Balaban J connectivity index is 2.02. The maximum atomic E-state index is 12.0. The van der Waals surface area contributed by atoms with E-state index in [0.717, 1.165) is 5.56 Å². The Morgan fingerprint density at radius 1 is 1.25 bits per heavy atom. The molecule has 0 radical (unpaired) electrons. The number of phenols is 1. The predicted molar refractivity (Wildman–Crippen MR) is 89.4 cm³/mol. The molecule has 2 aromatic rings. The molecule has 0 spiro atoms. The first-order valence-electron chi connectivity index (χ1n) is 7.34. The quantitative estimate of drug-likeness (QED) is 0.502. The van der Waals surface area contributed by atoms with Crippen LogP contribution >= 0.6 is 0 Å². The molecule has 24 heavy (non-hydrogen) atoms. The van der Waals surface area contributed by atoms with E-state index < -0.39 is 5.97 Å². The number of benzene rings is 2. The molecule has 0 amide bonds. The summed E-state index contributed by atoms with van der Waals surface area (Å²) in [5.41, 5.74) is 1.49. The minimum Gasteiger partial charge on any atom is -0.504 e. The summed E-state index contributed by atoms with van der Waals surface area (Å²) in [5, 5.41) is 18.7. The average Bonchev–Trinajstić information content (AvgIpc) is 2.61. The Labute approximate surface area is 140 Å². The van der Waals surface area contributed by atoms with Gasteiger partial charge in [-0.25, -0.2) is 4.79 Å². The first-order chi connectivity index (χ1) is 11.6. The highest BCUT2D eigenvalue weighted by Gasteiger charge is 2.11. The van der Waals surface area contributed by atoms with Crippen LogP contribution in [0, 0.1) is 11.3 Å². The molecule has 0 saturated heterocycles. The largest absolute Gasteiger partial charge is 0.504 e. The van der Waals surface area contributed by atoms with Crippen molar-refractivity contribution in [1.29, 1.82) is 5.26 Å². The minimum atomic E-state index is -0.680. The molecule has 0 aliphatic carbocycles. The molecule has 5 heteroatoms. The molecule has 0 atom stereocenters. The maximum absolute atomic E-state index is 12.0. The highest BCUT2D eigenvalue weighted by molar-refractivity contribution is 5.97. The van der Waals surface area contributed by atoms with Gasteiger partial charge in [0.25, 0.3) is 0 Å². The van der Waals surface area contributed by atoms with Gasteiger partial charge in [-0.1, -0.05) is 36.4 Å². The second kappa shape index (κ2) is 8.39. The van der Waals surface area contributed by atoms with Gasteiger partial charge < -0.3 is 14.6 Å². The lowest BCUT2D eigenvalue weighted by Gasteiger charge is -2.06. The highest BCUT2D eigenvalue weighted by atomic mass is 16.5. The van der Waals surface area contributed by atoms with Crippen molar-refractivity contribution < 1.29 is 19.4 Å². The van der Waals surface area contributed by atoms with E-state index >= 15 is 0 Å². The van der Waals surface area contributed by atoms with Gasteiger partial charge in [0.1, 0.15) is 11.6 Å². The molecular formula is C19H17NO4. The van der Waals surface area contributed by atoms with E-state index in [1.54, 1.807) is 6.07 Å². The van der Waals surface area contributed by atoms with Crippen LogP contribution in [0.25, 0.3) is 6.08 Å². The molecular weight excluding hydrogens is 306 g/mol. The summed E-state index contributed by atoms with van der Waals surface area (Å²) < 4.78 is 10.1. The van der Waals surface area contributed by atoms with Crippen molar-refractivity contribution in [2.75, 3.05) is 13.7 Å². The smallest absolute Gasteiger partial charge is 0.348 e. The zero-order valence-electron chi connectivity index (χ0n) is 13.2. The molecule has 2 rings (SSSR count). The number of nitrogens with zero attached hydrogens (tertiary/aromatic N) is 1. The van der Waals surface area contributed by atoms with E-state index in [1.807, 2.05) is 36.4 Å². The zero-order valence-corrected chi connectivity index (χ0v) is 13.2. The van der Waals surface area contributed by atoms with Crippen molar-refractivity contribution in [3.8, 4) is 17.6 Å². The third-order valence-electron chi connectivity index (χ3n) is 3.32. The summed E-state index contributed by atoms with van der Waals surface area (Å²) in [6.07, 6.45) is 1.98. The molecule has 0 unspecified atom stereocenters. The number of nitriles is 1. The van der Waals surface area contributed by atoms with Crippen LogP contribution in [0.5, 0.6) is 11.5 Å². The lowest BCUT2D eigenvalue weighted by atomic mass is 10.1. The second-order valence-corrected chi connectivity index (χ2v) is 4.97. The summed E-state index contributed by atoms with van der Waals surface area (Å²) >= 11 is 0. The van der Waals surface area contributed by atoms with Crippen LogP contribution in [-0.2, 0) is 16.0 Å². The standard InChI is InChI=1S/C19H17NO4/c1-23-18-12-15(7-8-17(18)21)11-16(13-20)19(22)24-10-9-14-5-3-2-4-6-14/h2-8,11-12,21H,9-10H2,1H3. The SMILES string of the molecule is COc1cc(C=C(C#N)C(=O)OCCc2ccccc2)ccc1O. The van der Waals surface area contributed by atoms with Crippen LogP contribution in [0.4, 0.5) is 0 Å². The van der Waals surface area contributed by atoms with Crippen molar-refractivity contribution in [3.63, 3.8) is 0 Å². The number of carbonyl (C=O) groups excluding carboxylic acids is 1. The van der Waals surface area contributed by atoms with Crippen LogP contribution in [0.1, 0.15) is 11.1 Å². The number of carbonyl (C=O) groups is 1. The topological polar surface area (TPSA) is 79.5 Å². The maximum Gasteiger partial charge on any atom is 0.348 e. The number of methoxy groups -OCH3 is 1. The van der Waals surface area contributed by atoms with Crippen molar-refractivity contribution in [1.82, 2.24) is 0 Å². The molecule has 122 valence electrons. The van der Waals surface area contributed by atoms with Crippen LogP contribution in [0.3, 0.4) is 0 Å². The van der Waals surface area contributed by atoms with Gasteiger partial charge in [-0.3, -0.25) is 0 Å². The van der Waals surface area contributed by atoms with E-state index in [2.05, 4.69) is 0 Å². The fourth-order valence-electron chi connectivity index (χ4n) is 2.07. The number of rotatable bonds is 6. The highest BCUT2D eigenvalue weighted by Crippen LogP contribution is 2.27. The van der Waals surface area contributed by atoms with E-state index in [4.69, 9.17) is 14.7 Å². The Hall–Kier alpha value is -3.26. The number of ether oxygens (including phenoxy) is 2. The van der Waals surface area contributed by atoms with Gasteiger partial charge in [-0.2, -0.15) is 5.26 Å². The van der Waals surface area contributed by atoms with Gasteiger partial charge in [0.15, 0.2) is 11.5 Å². The monoisotopic (exact) mass is 323 g/mol. The Kier molecular flexibility index (Phi) is 5.98. The van der Waals surface area contributed by atoms with Crippen molar-refractivity contribution in [2.24, 2.45) is 0 Å². The summed E-state index contributed by atoms with van der Waals surface area (Å²) in [7, 11) is 1.42. The van der Waals surface area contributed by atoms with Gasteiger partial charge >= 0.3 is 5.97 Å². The molecule has 0 saturated carbocycles. The van der Waals surface area contributed by atoms with Crippen LogP contribution in [0.15, 0.2) is 54.1 Å². The summed E-state index contributed by atoms with van der Waals surface area (Å²) in [4.78, 5) is 12.0. The Bertz CT molecular complexity index is 776.